The van der Waals surface area contributed by atoms with Crippen molar-refractivity contribution in [3.05, 3.63) is 42.0 Å². The molecule has 3 heterocycles. The van der Waals surface area contributed by atoms with E-state index in [0.717, 1.165) is 5.69 Å². The van der Waals surface area contributed by atoms with Gasteiger partial charge in [0.05, 0.1) is 18.4 Å². The Morgan fingerprint density at radius 2 is 2.20 bits per heavy atom. The van der Waals surface area contributed by atoms with E-state index in [0.29, 0.717) is 24.4 Å². The molecule has 8 nitrogen and oxygen atoms in total. The molecule has 1 aliphatic heterocycles. The summed E-state index contributed by atoms with van der Waals surface area (Å²) in [5, 5.41) is 6.83. The third-order valence-electron chi connectivity index (χ3n) is 4.23. The number of aryl methyl sites for hydroxylation is 2. The molecule has 1 fully saturated rings. The van der Waals surface area contributed by atoms with Crippen LogP contribution in [0.5, 0.6) is 5.75 Å². The number of pyridine rings is 1. The lowest BCUT2D eigenvalue weighted by molar-refractivity contribution is -0.124. The molecule has 0 aliphatic carbocycles. The number of nitrogens with one attached hydrogen (secondary N) is 1. The van der Waals surface area contributed by atoms with Crippen LogP contribution in [0.4, 0.5) is 0 Å². The van der Waals surface area contributed by atoms with Crippen molar-refractivity contribution in [2.24, 2.45) is 7.05 Å². The SMILES string of the molecule is CNC(=O)[C@@H]1C[C@H](Oc2cccnc2)CN1C(=O)c1cc(C)nn1C. The molecule has 1 saturated heterocycles. The van der Waals surface area contributed by atoms with Gasteiger partial charge >= 0.3 is 0 Å². The topological polar surface area (TPSA) is 89.3 Å². The maximum absolute atomic E-state index is 12.9. The summed E-state index contributed by atoms with van der Waals surface area (Å²) < 4.78 is 7.43. The lowest BCUT2D eigenvalue weighted by Gasteiger charge is -2.22. The zero-order chi connectivity index (χ0) is 18.0. The number of ether oxygens (including phenoxy) is 1. The van der Waals surface area contributed by atoms with Gasteiger partial charge in [-0.25, -0.2) is 0 Å². The van der Waals surface area contributed by atoms with Gasteiger partial charge in [0.2, 0.25) is 5.91 Å². The molecule has 2 aromatic rings. The number of nitrogens with zero attached hydrogens (tertiary/aromatic N) is 4. The Morgan fingerprint density at radius 1 is 1.40 bits per heavy atom. The molecule has 0 unspecified atom stereocenters. The fourth-order valence-electron chi connectivity index (χ4n) is 3.09. The van der Waals surface area contributed by atoms with Gasteiger partial charge < -0.3 is 15.0 Å². The maximum Gasteiger partial charge on any atom is 0.272 e. The number of hydrogen-bond donors (Lipinski definition) is 1. The standard InChI is InChI=1S/C17H21N5O3/c1-11-7-15(21(3)20-11)17(24)22-10-13(8-14(22)16(23)18-2)25-12-5-4-6-19-9-12/h4-7,9,13-14H,8,10H2,1-3H3,(H,18,23)/t13-,14-/m0/s1. The highest BCUT2D eigenvalue weighted by Crippen LogP contribution is 2.25. The summed E-state index contributed by atoms with van der Waals surface area (Å²) in [4.78, 5) is 30.7. The highest BCUT2D eigenvalue weighted by atomic mass is 16.5. The summed E-state index contributed by atoms with van der Waals surface area (Å²) in [7, 11) is 3.28. The second-order valence-corrected chi connectivity index (χ2v) is 6.05. The first-order valence-corrected chi connectivity index (χ1v) is 8.09. The van der Waals surface area contributed by atoms with Crippen LogP contribution in [0, 0.1) is 6.92 Å². The summed E-state index contributed by atoms with van der Waals surface area (Å²) in [6.07, 6.45) is 3.43. The van der Waals surface area contributed by atoms with E-state index in [1.165, 1.54) is 4.68 Å². The van der Waals surface area contributed by atoms with E-state index in [9.17, 15) is 9.59 Å². The van der Waals surface area contributed by atoms with Crippen LogP contribution in [0.2, 0.25) is 0 Å². The molecule has 0 aromatic carbocycles. The van der Waals surface area contributed by atoms with Crippen molar-refractivity contribution < 1.29 is 14.3 Å². The van der Waals surface area contributed by atoms with Gasteiger partial charge in [0, 0.05) is 26.7 Å². The molecule has 0 spiro atoms. The van der Waals surface area contributed by atoms with E-state index in [4.69, 9.17) is 4.74 Å². The van der Waals surface area contributed by atoms with Gasteiger partial charge in [-0.1, -0.05) is 0 Å². The van der Waals surface area contributed by atoms with Crippen LogP contribution >= 0.6 is 0 Å². The van der Waals surface area contributed by atoms with Gasteiger partial charge in [-0.15, -0.1) is 0 Å². The summed E-state index contributed by atoms with van der Waals surface area (Å²) >= 11 is 0. The van der Waals surface area contributed by atoms with E-state index < -0.39 is 6.04 Å². The average molecular weight is 343 g/mol. The van der Waals surface area contributed by atoms with E-state index in [1.54, 1.807) is 49.6 Å². The molecule has 2 atom stereocenters. The number of carbonyl (C=O) groups excluding carboxylic acids is 2. The second kappa shape index (κ2) is 6.92. The Labute approximate surface area is 145 Å². The van der Waals surface area contributed by atoms with Gasteiger partial charge in [-0.3, -0.25) is 19.3 Å². The number of carbonyl (C=O) groups is 2. The first-order chi connectivity index (χ1) is 12.0. The van der Waals surface area contributed by atoms with Crippen molar-refractivity contribution in [1.82, 2.24) is 25.0 Å². The molecular formula is C17H21N5O3. The van der Waals surface area contributed by atoms with Crippen LogP contribution in [0.15, 0.2) is 30.6 Å². The van der Waals surface area contributed by atoms with Crippen molar-refractivity contribution in [3.8, 4) is 5.75 Å². The molecule has 0 bridgehead atoms. The van der Waals surface area contributed by atoms with Gasteiger partial charge in [-0.05, 0) is 25.1 Å². The zero-order valence-electron chi connectivity index (χ0n) is 14.5. The minimum absolute atomic E-state index is 0.204. The lowest BCUT2D eigenvalue weighted by Crippen LogP contribution is -2.45. The third kappa shape index (κ3) is 3.47. The number of amides is 2. The summed E-state index contributed by atoms with van der Waals surface area (Å²) in [5.74, 6) is 0.187. The van der Waals surface area contributed by atoms with Crippen LogP contribution in [-0.4, -0.2) is 57.2 Å². The van der Waals surface area contributed by atoms with E-state index in [1.807, 2.05) is 6.92 Å². The Hall–Kier alpha value is -2.90. The van der Waals surface area contributed by atoms with Crippen molar-refractivity contribution in [2.75, 3.05) is 13.6 Å². The molecule has 2 aromatic heterocycles. The molecule has 2 amide bonds. The molecule has 132 valence electrons. The highest BCUT2D eigenvalue weighted by Gasteiger charge is 2.41. The molecule has 25 heavy (non-hydrogen) atoms. The molecule has 1 aliphatic rings. The summed E-state index contributed by atoms with van der Waals surface area (Å²) in [6, 6.07) is 4.73. The van der Waals surface area contributed by atoms with Crippen molar-refractivity contribution in [1.29, 1.82) is 0 Å². The fraction of sp³-hybridized carbons (Fsp3) is 0.412. The smallest absolute Gasteiger partial charge is 0.272 e. The van der Waals surface area contributed by atoms with Crippen molar-refractivity contribution in [3.63, 3.8) is 0 Å². The second-order valence-electron chi connectivity index (χ2n) is 6.05. The fourth-order valence-corrected chi connectivity index (χ4v) is 3.09. The maximum atomic E-state index is 12.9. The van der Waals surface area contributed by atoms with Gasteiger partial charge in [0.1, 0.15) is 23.6 Å². The number of hydrogen-bond acceptors (Lipinski definition) is 5. The normalized spacial score (nSPS) is 19.7. The number of aromatic nitrogens is 3. The van der Waals surface area contributed by atoms with E-state index in [2.05, 4.69) is 15.4 Å². The van der Waals surface area contributed by atoms with Crippen LogP contribution in [0.1, 0.15) is 22.6 Å². The Morgan fingerprint density at radius 3 is 2.80 bits per heavy atom. The van der Waals surface area contributed by atoms with Crippen LogP contribution in [0.3, 0.4) is 0 Å². The van der Waals surface area contributed by atoms with Crippen molar-refractivity contribution >= 4 is 11.8 Å². The molecule has 0 radical (unpaired) electrons. The summed E-state index contributed by atoms with van der Waals surface area (Å²) in [5.41, 5.74) is 1.21. The Balaban J connectivity index is 1.81. The van der Waals surface area contributed by atoms with E-state index in [-0.39, 0.29) is 17.9 Å². The predicted octanol–water partition coefficient (Wildman–Crippen LogP) is 0.532. The molecule has 1 N–H and O–H groups in total. The molecule has 0 saturated carbocycles. The first kappa shape index (κ1) is 16.9. The minimum atomic E-state index is -0.575. The largest absolute Gasteiger partial charge is 0.487 e. The molecule has 3 rings (SSSR count). The number of likely N-dealkylation sites (tertiary alicyclic amines) is 1. The van der Waals surface area contributed by atoms with Gasteiger partial charge in [0.15, 0.2) is 0 Å². The predicted molar refractivity (Wildman–Crippen MR) is 90.1 cm³/mol. The highest BCUT2D eigenvalue weighted by molar-refractivity contribution is 5.97. The number of likely N-dealkylation sites (N-methyl/N-ethyl adjacent to an activating group) is 1. The van der Waals surface area contributed by atoms with Crippen molar-refractivity contribution in [2.45, 2.75) is 25.5 Å². The average Bonchev–Trinajstić information content (AvgIpc) is 3.17. The zero-order valence-corrected chi connectivity index (χ0v) is 14.5. The van der Waals surface area contributed by atoms with Gasteiger partial charge in [0.25, 0.3) is 5.91 Å². The monoisotopic (exact) mass is 343 g/mol. The van der Waals surface area contributed by atoms with E-state index >= 15 is 0 Å². The molecule has 8 heteroatoms. The Kier molecular flexibility index (Phi) is 4.69. The summed E-state index contributed by atoms with van der Waals surface area (Å²) in [6.45, 7) is 2.15. The van der Waals surface area contributed by atoms with Crippen LogP contribution < -0.4 is 10.1 Å². The number of rotatable bonds is 4. The van der Waals surface area contributed by atoms with Crippen LogP contribution in [0.25, 0.3) is 0 Å². The molecular weight excluding hydrogens is 322 g/mol. The third-order valence-corrected chi connectivity index (χ3v) is 4.23. The lowest BCUT2D eigenvalue weighted by atomic mass is 10.2. The van der Waals surface area contributed by atoms with Gasteiger partial charge in [-0.2, -0.15) is 5.10 Å². The van der Waals surface area contributed by atoms with Crippen LogP contribution in [-0.2, 0) is 11.8 Å². The first-order valence-electron chi connectivity index (χ1n) is 8.09. The minimum Gasteiger partial charge on any atom is -0.487 e. The quantitative estimate of drug-likeness (QED) is 0.875. The Bertz CT molecular complexity index is 774.